The van der Waals surface area contributed by atoms with Gasteiger partial charge in [0, 0.05) is 31.2 Å². The van der Waals surface area contributed by atoms with E-state index in [1.54, 1.807) is 23.7 Å². The smallest absolute Gasteiger partial charge is 0.0834 e. The van der Waals surface area contributed by atoms with E-state index in [1.807, 2.05) is 17.6 Å². The van der Waals surface area contributed by atoms with Crippen LogP contribution in [0.3, 0.4) is 0 Å². The SMILES string of the molecule is O[C@H](c1cccnc1)C1CCN(c2ccc3ncsc3c2)CC1. The van der Waals surface area contributed by atoms with Gasteiger partial charge in [0.05, 0.1) is 21.8 Å². The monoisotopic (exact) mass is 325 g/mol. The summed E-state index contributed by atoms with van der Waals surface area (Å²) in [6.45, 7) is 1.96. The molecule has 0 radical (unpaired) electrons. The first kappa shape index (κ1) is 14.6. The van der Waals surface area contributed by atoms with Gasteiger partial charge in [0.2, 0.25) is 0 Å². The Morgan fingerprint density at radius 1 is 1.22 bits per heavy atom. The molecule has 0 unspecified atom stereocenters. The van der Waals surface area contributed by atoms with E-state index < -0.39 is 6.10 Å². The molecule has 1 atom stereocenters. The fourth-order valence-corrected chi connectivity index (χ4v) is 4.05. The van der Waals surface area contributed by atoms with Crippen LogP contribution in [0.4, 0.5) is 5.69 Å². The number of benzene rings is 1. The second kappa shape index (κ2) is 6.26. The molecule has 1 fully saturated rings. The van der Waals surface area contributed by atoms with Gasteiger partial charge in [0.1, 0.15) is 0 Å². The van der Waals surface area contributed by atoms with Crippen molar-refractivity contribution in [1.29, 1.82) is 0 Å². The summed E-state index contributed by atoms with van der Waals surface area (Å²) in [6, 6.07) is 10.3. The van der Waals surface area contributed by atoms with Gasteiger partial charge in [0.25, 0.3) is 0 Å². The predicted octanol–water partition coefficient (Wildman–Crippen LogP) is 3.64. The summed E-state index contributed by atoms with van der Waals surface area (Å²) >= 11 is 1.68. The summed E-state index contributed by atoms with van der Waals surface area (Å²) in [5, 5.41) is 10.6. The van der Waals surface area contributed by atoms with Crippen LogP contribution in [0.5, 0.6) is 0 Å². The lowest BCUT2D eigenvalue weighted by Crippen LogP contribution is -2.35. The summed E-state index contributed by atoms with van der Waals surface area (Å²) in [6.07, 6.45) is 5.10. The number of pyridine rings is 1. The number of rotatable bonds is 3. The minimum Gasteiger partial charge on any atom is -0.388 e. The van der Waals surface area contributed by atoms with Gasteiger partial charge in [-0.15, -0.1) is 11.3 Å². The molecule has 2 aromatic heterocycles. The molecule has 1 saturated heterocycles. The van der Waals surface area contributed by atoms with Crippen LogP contribution in [0.15, 0.2) is 48.2 Å². The largest absolute Gasteiger partial charge is 0.388 e. The van der Waals surface area contributed by atoms with E-state index in [0.29, 0.717) is 5.92 Å². The van der Waals surface area contributed by atoms with Crippen LogP contribution in [0.1, 0.15) is 24.5 Å². The second-order valence-electron chi connectivity index (χ2n) is 6.06. The van der Waals surface area contributed by atoms with Crippen LogP contribution in [0.25, 0.3) is 10.2 Å². The molecule has 4 nitrogen and oxygen atoms in total. The Morgan fingerprint density at radius 3 is 2.87 bits per heavy atom. The molecule has 3 heterocycles. The summed E-state index contributed by atoms with van der Waals surface area (Å²) in [7, 11) is 0. The van der Waals surface area contributed by atoms with Crippen LogP contribution >= 0.6 is 11.3 Å². The first-order valence-corrected chi connectivity index (χ1v) is 8.85. The van der Waals surface area contributed by atoms with E-state index >= 15 is 0 Å². The summed E-state index contributed by atoms with van der Waals surface area (Å²) in [5.41, 5.74) is 5.15. The molecular weight excluding hydrogens is 306 g/mol. The molecule has 1 N–H and O–H groups in total. The van der Waals surface area contributed by atoms with Crippen molar-refractivity contribution in [3.05, 3.63) is 53.8 Å². The molecule has 3 aromatic rings. The fourth-order valence-electron chi connectivity index (χ4n) is 3.34. The van der Waals surface area contributed by atoms with Crippen molar-refractivity contribution < 1.29 is 5.11 Å². The lowest BCUT2D eigenvalue weighted by atomic mass is 9.88. The van der Waals surface area contributed by atoms with Gasteiger partial charge in [-0.3, -0.25) is 4.98 Å². The maximum atomic E-state index is 10.6. The zero-order valence-corrected chi connectivity index (χ0v) is 13.6. The van der Waals surface area contributed by atoms with Crippen molar-refractivity contribution in [2.45, 2.75) is 18.9 Å². The number of aromatic nitrogens is 2. The van der Waals surface area contributed by atoms with Crippen LogP contribution in [-0.2, 0) is 0 Å². The molecule has 0 aliphatic carbocycles. The molecule has 1 aliphatic heterocycles. The minimum atomic E-state index is -0.408. The van der Waals surface area contributed by atoms with Crippen molar-refractivity contribution >= 4 is 27.2 Å². The van der Waals surface area contributed by atoms with Gasteiger partial charge in [-0.05, 0) is 48.6 Å². The number of aliphatic hydroxyl groups excluding tert-OH is 1. The molecule has 1 aliphatic rings. The Bertz CT molecular complexity index is 781. The lowest BCUT2D eigenvalue weighted by molar-refractivity contribution is 0.0927. The van der Waals surface area contributed by atoms with Crippen molar-refractivity contribution in [3.63, 3.8) is 0 Å². The van der Waals surface area contributed by atoms with E-state index in [4.69, 9.17) is 0 Å². The third-order valence-corrected chi connectivity index (χ3v) is 5.48. The van der Waals surface area contributed by atoms with Crippen LogP contribution in [-0.4, -0.2) is 28.2 Å². The van der Waals surface area contributed by atoms with E-state index in [-0.39, 0.29) is 0 Å². The first-order valence-electron chi connectivity index (χ1n) is 7.97. The molecule has 0 amide bonds. The molecule has 5 heteroatoms. The highest BCUT2D eigenvalue weighted by Crippen LogP contribution is 2.33. The number of nitrogens with zero attached hydrogens (tertiary/aromatic N) is 3. The Labute approximate surface area is 139 Å². The number of aliphatic hydroxyl groups is 1. The normalized spacial score (nSPS) is 17.5. The van der Waals surface area contributed by atoms with Crippen molar-refractivity contribution in [2.75, 3.05) is 18.0 Å². The Morgan fingerprint density at radius 2 is 2.09 bits per heavy atom. The van der Waals surface area contributed by atoms with Gasteiger partial charge >= 0.3 is 0 Å². The van der Waals surface area contributed by atoms with Crippen molar-refractivity contribution in [2.24, 2.45) is 5.92 Å². The quantitative estimate of drug-likeness (QED) is 0.799. The zero-order valence-electron chi connectivity index (χ0n) is 12.8. The van der Waals surface area contributed by atoms with Gasteiger partial charge in [-0.25, -0.2) is 4.98 Å². The minimum absolute atomic E-state index is 0.308. The van der Waals surface area contributed by atoms with Crippen LogP contribution < -0.4 is 4.90 Å². The first-order chi connectivity index (χ1) is 11.3. The standard InChI is InChI=1S/C18H19N3OS/c22-18(14-2-1-7-19-11-14)13-5-8-21(9-6-13)15-3-4-16-17(10-15)23-12-20-16/h1-4,7,10-13,18,22H,5-6,8-9H2/t18-/m0/s1. The summed E-state index contributed by atoms with van der Waals surface area (Å²) < 4.78 is 1.24. The van der Waals surface area contributed by atoms with E-state index in [9.17, 15) is 5.11 Å². The van der Waals surface area contributed by atoms with Crippen molar-refractivity contribution in [3.8, 4) is 0 Å². The number of piperidine rings is 1. The fraction of sp³-hybridized carbons (Fsp3) is 0.333. The second-order valence-corrected chi connectivity index (χ2v) is 6.95. The van der Waals surface area contributed by atoms with Crippen LogP contribution in [0, 0.1) is 5.92 Å². The highest BCUT2D eigenvalue weighted by atomic mass is 32.1. The summed E-state index contributed by atoms with van der Waals surface area (Å²) in [5.74, 6) is 0.308. The number of hydrogen-bond donors (Lipinski definition) is 1. The van der Waals surface area contributed by atoms with E-state index in [2.05, 4.69) is 33.1 Å². The maximum absolute atomic E-state index is 10.6. The zero-order chi connectivity index (χ0) is 15.6. The number of anilines is 1. The maximum Gasteiger partial charge on any atom is 0.0834 e. The van der Waals surface area contributed by atoms with Crippen molar-refractivity contribution in [1.82, 2.24) is 9.97 Å². The highest BCUT2D eigenvalue weighted by molar-refractivity contribution is 7.16. The predicted molar refractivity (Wildman–Crippen MR) is 93.8 cm³/mol. The van der Waals surface area contributed by atoms with Gasteiger partial charge in [-0.1, -0.05) is 6.07 Å². The molecule has 4 rings (SSSR count). The highest BCUT2D eigenvalue weighted by Gasteiger charge is 2.26. The Hall–Kier alpha value is -1.98. The topological polar surface area (TPSA) is 49.3 Å². The van der Waals surface area contributed by atoms with Gasteiger partial charge in [0.15, 0.2) is 0 Å². The number of hydrogen-bond acceptors (Lipinski definition) is 5. The summed E-state index contributed by atoms with van der Waals surface area (Å²) in [4.78, 5) is 10.9. The van der Waals surface area contributed by atoms with Gasteiger partial charge < -0.3 is 10.0 Å². The number of fused-ring (bicyclic) bond motifs is 1. The number of thiazole rings is 1. The molecule has 23 heavy (non-hydrogen) atoms. The molecule has 0 saturated carbocycles. The Balaban J connectivity index is 1.44. The van der Waals surface area contributed by atoms with E-state index in [0.717, 1.165) is 37.0 Å². The lowest BCUT2D eigenvalue weighted by Gasteiger charge is -2.35. The molecule has 0 bridgehead atoms. The molecule has 118 valence electrons. The Kier molecular flexibility index (Phi) is 3.97. The van der Waals surface area contributed by atoms with Crippen LogP contribution in [0.2, 0.25) is 0 Å². The molecule has 1 aromatic carbocycles. The van der Waals surface area contributed by atoms with Gasteiger partial charge in [-0.2, -0.15) is 0 Å². The third-order valence-electron chi connectivity index (χ3n) is 4.69. The average molecular weight is 325 g/mol. The molecular formula is C18H19N3OS. The average Bonchev–Trinajstić information content (AvgIpc) is 3.10. The molecule has 0 spiro atoms. The van der Waals surface area contributed by atoms with E-state index in [1.165, 1.54) is 10.4 Å². The third kappa shape index (κ3) is 2.94.